The maximum Gasteiger partial charge on any atom is 0.306 e. The quantitative estimate of drug-likeness (QED) is 0.867. The number of allylic oxidation sites excluding steroid dienone is 1. The zero-order valence-corrected chi connectivity index (χ0v) is 9.21. The Kier molecular flexibility index (Phi) is 3.65. The van der Waals surface area contributed by atoms with Crippen molar-refractivity contribution in [3.05, 3.63) is 35.7 Å². The molecular weight excluding hydrogens is 233 g/mol. The third kappa shape index (κ3) is 2.58. The summed E-state index contributed by atoms with van der Waals surface area (Å²) in [5.41, 5.74) is -0.304. The lowest BCUT2D eigenvalue weighted by atomic mass is 9.87. The summed E-state index contributed by atoms with van der Waals surface area (Å²) in [7, 11) is 0. The number of carboxylic acid groups (broad SMARTS) is 1. The van der Waals surface area contributed by atoms with Crippen LogP contribution in [0.15, 0.2) is 24.4 Å². The molecule has 2 rings (SSSR count). The van der Waals surface area contributed by atoms with Gasteiger partial charge in [0.15, 0.2) is 0 Å². The van der Waals surface area contributed by atoms with E-state index in [-0.39, 0.29) is 18.8 Å². The van der Waals surface area contributed by atoms with E-state index in [1.807, 2.05) is 0 Å². The molecule has 0 saturated carbocycles. The Balaban J connectivity index is 0.00000128. The van der Waals surface area contributed by atoms with Gasteiger partial charge in [0.2, 0.25) is 0 Å². The van der Waals surface area contributed by atoms with Crippen molar-refractivity contribution in [2.75, 3.05) is 0 Å². The number of fused-ring (bicyclic) bond motifs is 1. The van der Waals surface area contributed by atoms with Gasteiger partial charge in [-0.15, -0.1) is 12.4 Å². The summed E-state index contributed by atoms with van der Waals surface area (Å²) in [6, 6.07) is 3.49. The molecule has 1 aliphatic carbocycles. The Morgan fingerprint density at radius 1 is 1.62 bits per heavy atom. The van der Waals surface area contributed by atoms with Crippen LogP contribution in [0.25, 0.3) is 6.08 Å². The standard InChI is InChI=1S/C11H10FNO2.ClH/c12-11(7-10(14)15)4-3-9-8(6-11)2-1-5-13-9;/h1-5H,6-7H2,(H,14,15);1H. The summed E-state index contributed by atoms with van der Waals surface area (Å²) >= 11 is 0. The number of alkyl halides is 1. The van der Waals surface area contributed by atoms with Crippen molar-refractivity contribution >= 4 is 24.5 Å². The first-order valence-corrected chi connectivity index (χ1v) is 4.63. The van der Waals surface area contributed by atoms with Gasteiger partial charge < -0.3 is 5.11 Å². The first kappa shape index (κ1) is 12.6. The number of hydrogen-bond acceptors (Lipinski definition) is 2. The predicted molar refractivity (Wildman–Crippen MR) is 60.3 cm³/mol. The van der Waals surface area contributed by atoms with Crippen LogP contribution in [0.2, 0.25) is 0 Å². The number of carboxylic acids is 1. The van der Waals surface area contributed by atoms with Crippen molar-refractivity contribution in [3.63, 3.8) is 0 Å². The summed E-state index contributed by atoms with van der Waals surface area (Å²) < 4.78 is 14.0. The first-order valence-electron chi connectivity index (χ1n) is 4.63. The zero-order valence-electron chi connectivity index (χ0n) is 8.39. The highest BCUT2D eigenvalue weighted by Gasteiger charge is 2.33. The van der Waals surface area contributed by atoms with Crippen LogP contribution in [-0.2, 0) is 11.2 Å². The van der Waals surface area contributed by atoms with Crippen molar-refractivity contribution in [1.29, 1.82) is 0 Å². The molecule has 0 bridgehead atoms. The van der Waals surface area contributed by atoms with Crippen molar-refractivity contribution in [1.82, 2.24) is 4.98 Å². The number of rotatable bonds is 2. The van der Waals surface area contributed by atoms with Gasteiger partial charge in [0, 0.05) is 12.6 Å². The average Bonchev–Trinajstić information content (AvgIpc) is 2.15. The summed E-state index contributed by atoms with van der Waals surface area (Å²) in [6.45, 7) is 0. The average molecular weight is 244 g/mol. The topological polar surface area (TPSA) is 50.2 Å². The zero-order chi connectivity index (χ0) is 10.9. The molecule has 1 N–H and O–H groups in total. The number of aliphatic carboxylic acids is 1. The number of aromatic nitrogens is 1. The lowest BCUT2D eigenvalue weighted by Gasteiger charge is -2.23. The molecule has 1 atom stereocenters. The van der Waals surface area contributed by atoms with E-state index in [9.17, 15) is 9.18 Å². The number of hydrogen-bond donors (Lipinski definition) is 1. The Labute approximate surface area is 98.4 Å². The minimum absolute atomic E-state index is 0. The Hall–Kier alpha value is -1.42. The minimum Gasteiger partial charge on any atom is -0.481 e. The van der Waals surface area contributed by atoms with Crippen LogP contribution < -0.4 is 0 Å². The smallest absolute Gasteiger partial charge is 0.306 e. The van der Waals surface area contributed by atoms with E-state index in [1.54, 1.807) is 24.4 Å². The normalized spacial score (nSPS) is 22.1. The number of pyridine rings is 1. The van der Waals surface area contributed by atoms with Crippen LogP contribution in [0.3, 0.4) is 0 Å². The van der Waals surface area contributed by atoms with Crippen LogP contribution in [0.5, 0.6) is 0 Å². The summed E-state index contributed by atoms with van der Waals surface area (Å²) in [5.74, 6) is -1.13. The number of carbonyl (C=O) groups is 1. The van der Waals surface area contributed by atoms with Gasteiger partial charge in [-0.1, -0.05) is 6.07 Å². The molecule has 1 aromatic heterocycles. The van der Waals surface area contributed by atoms with Gasteiger partial charge in [-0.3, -0.25) is 9.78 Å². The lowest BCUT2D eigenvalue weighted by Crippen LogP contribution is -2.29. The van der Waals surface area contributed by atoms with Crippen LogP contribution in [0.4, 0.5) is 4.39 Å². The van der Waals surface area contributed by atoms with Crippen molar-refractivity contribution in [2.24, 2.45) is 0 Å². The molecule has 0 radical (unpaired) electrons. The molecule has 1 heterocycles. The molecule has 0 aromatic carbocycles. The van der Waals surface area contributed by atoms with Crippen LogP contribution in [0.1, 0.15) is 17.7 Å². The first-order chi connectivity index (χ1) is 7.09. The van der Waals surface area contributed by atoms with E-state index < -0.39 is 18.1 Å². The maximum absolute atomic E-state index is 14.0. The van der Waals surface area contributed by atoms with Gasteiger partial charge in [-0.05, 0) is 23.8 Å². The molecule has 0 spiro atoms. The second kappa shape index (κ2) is 4.61. The SMILES string of the molecule is Cl.O=C(O)CC1(F)C=Cc2ncccc2C1. The Morgan fingerprint density at radius 2 is 2.38 bits per heavy atom. The Morgan fingerprint density at radius 3 is 3.06 bits per heavy atom. The molecule has 3 nitrogen and oxygen atoms in total. The molecule has 0 saturated heterocycles. The van der Waals surface area contributed by atoms with Crippen LogP contribution >= 0.6 is 12.4 Å². The number of nitrogens with zero attached hydrogens (tertiary/aromatic N) is 1. The fraction of sp³-hybridized carbons (Fsp3) is 0.273. The molecule has 0 aliphatic heterocycles. The molecule has 5 heteroatoms. The molecule has 16 heavy (non-hydrogen) atoms. The molecule has 1 aromatic rings. The second-order valence-electron chi connectivity index (χ2n) is 3.66. The van der Waals surface area contributed by atoms with Gasteiger partial charge in [-0.25, -0.2) is 4.39 Å². The lowest BCUT2D eigenvalue weighted by molar-refractivity contribution is -0.139. The molecule has 1 aliphatic rings. The summed E-state index contributed by atoms with van der Waals surface area (Å²) in [6.07, 6.45) is 4.04. The van der Waals surface area contributed by atoms with E-state index >= 15 is 0 Å². The van der Waals surface area contributed by atoms with Gasteiger partial charge in [0.05, 0.1) is 12.1 Å². The monoisotopic (exact) mass is 243 g/mol. The van der Waals surface area contributed by atoms with Crippen LogP contribution in [-0.4, -0.2) is 21.7 Å². The van der Waals surface area contributed by atoms with E-state index in [4.69, 9.17) is 5.11 Å². The molecule has 0 amide bonds. The van der Waals surface area contributed by atoms with Crippen molar-refractivity contribution in [3.8, 4) is 0 Å². The molecule has 0 fully saturated rings. The highest BCUT2D eigenvalue weighted by atomic mass is 35.5. The predicted octanol–water partition coefficient (Wildman–Crippen LogP) is 2.26. The van der Waals surface area contributed by atoms with E-state index in [2.05, 4.69) is 4.98 Å². The Bertz CT molecular complexity index is 436. The summed E-state index contributed by atoms with van der Waals surface area (Å²) in [5, 5.41) is 8.59. The third-order valence-electron chi connectivity index (χ3n) is 2.40. The maximum atomic E-state index is 14.0. The fourth-order valence-corrected chi connectivity index (χ4v) is 1.73. The summed E-state index contributed by atoms with van der Waals surface area (Å²) in [4.78, 5) is 14.6. The highest BCUT2D eigenvalue weighted by molar-refractivity contribution is 5.85. The fourth-order valence-electron chi connectivity index (χ4n) is 1.73. The van der Waals surface area contributed by atoms with Crippen molar-refractivity contribution < 1.29 is 14.3 Å². The minimum atomic E-state index is -1.78. The molecule has 86 valence electrons. The van der Waals surface area contributed by atoms with Gasteiger partial charge >= 0.3 is 5.97 Å². The van der Waals surface area contributed by atoms with E-state index in [0.29, 0.717) is 0 Å². The highest BCUT2D eigenvalue weighted by Crippen LogP contribution is 2.30. The van der Waals surface area contributed by atoms with Crippen LogP contribution in [0, 0.1) is 0 Å². The molecule has 1 unspecified atom stereocenters. The largest absolute Gasteiger partial charge is 0.481 e. The van der Waals surface area contributed by atoms with E-state index in [0.717, 1.165) is 11.3 Å². The van der Waals surface area contributed by atoms with Crippen molar-refractivity contribution in [2.45, 2.75) is 18.5 Å². The van der Waals surface area contributed by atoms with E-state index in [1.165, 1.54) is 6.08 Å². The third-order valence-corrected chi connectivity index (χ3v) is 2.40. The number of halogens is 2. The van der Waals surface area contributed by atoms with Gasteiger partial charge in [-0.2, -0.15) is 0 Å². The second-order valence-corrected chi connectivity index (χ2v) is 3.66. The van der Waals surface area contributed by atoms with Gasteiger partial charge in [0.25, 0.3) is 0 Å². The molecular formula is C11H11ClFNO2. The van der Waals surface area contributed by atoms with Gasteiger partial charge in [0.1, 0.15) is 5.67 Å².